The fraction of sp³-hybridized carbons (Fsp3) is 0.462. The summed E-state index contributed by atoms with van der Waals surface area (Å²) in [5.74, 6) is -0.688. The first-order valence-corrected chi connectivity index (χ1v) is 5.91. The maximum Gasteiger partial charge on any atom is 0.251 e. The van der Waals surface area contributed by atoms with Crippen LogP contribution in [-0.2, 0) is 4.74 Å². The molecule has 1 heterocycles. The molecule has 2 N–H and O–H groups in total. The topological polar surface area (TPSA) is 58.6 Å². The number of aliphatic hydroxyl groups excluding tert-OH is 1. The predicted molar refractivity (Wildman–Crippen MR) is 63.8 cm³/mol. The second kappa shape index (κ2) is 5.46. The van der Waals surface area contributed by atoms with E-state index in [4.69, 9.17) is 4.74 Å². The number of hydrogen-bond acceptors (Lipinski definition) is 3. The van der Waals surface area contributed by atoms with Crippen LogP contribution in [0.3, 0.4) is 0 Å². The van der Waals surface area contributed by atoms with Crippen LogP contribution in [0.5, 0.6) is 0 Å². The van der Waals surface area contributed by atoms with Crippen molar-refractivity contribution in [2.75, 3.05) is 13.2 Å². The number of nitrogens with one attached hydrogen (secondary N) is 1. The van der Waals surface area contributed by atoms with Gasteiger partial charge in [0.25, 0.3) is 5.91 Å². The Balaban J connectivity index is 2.07. The smallest absolute Gasteiger partial charge is 0.251 e. The van der Waals surface area contributed by atoms with Gasteiger partial charge in [-0.1, -0.05) is 0 Å². The van der Waals surface area contributed by atoms with E-state index in [0.29, 0.717) is 30.8 Å². The minimum absolute atomic E-state index is 0.299. The van der Waals surface area contributed by atoms with E-state index in [1.54, 1.807) is 6.92 Å². The number of hydrogen-bond donors (Lipinski definition) is 2. The Hall–Kier alpha value is -1.46. The molecule has 0 spiro atoms. The van der Waals surface area contributed by atoms with Crippen molar-refractivity contribution in [1.82, 2.24) is 5.32 Å². The Bertz CT molecular complexity index is 450. The quantitative estimate of drug-likeness (QED) is 0.827. The second-order valence-corrected chi connectivity index (χ2v) is 4.47. The molecule has 1 aliphatic heterocycles. The standard InChI is InChI=1S/C13H16FNO3/c1-8-6-9(14)2-3-10(8)13(17)15-11-7-18-5-4-12(11)16/h2-3,6,11-12,16H,4-5,7H2,1H3,(H,15,17)/t11-,12-/m0/s1. The fourth-order valence-electron chi connectivity index (χ4n) is 1.99. The molecule has 1 fully saturated rings. The van der Waals surface area contributed by atoms with Crippen LogP contribution in [0.4, 0.5) is 4.39 Å². The zero-order chi connectivity index (χ0) is 13.1. The van der Waals surface area contributed by atoms with E-state index < -0.39 is 12.1 Å². The van der Waals surface area contributed by atoms with Crippen molar-refractivity contribution in [3.8, 4) is 0 Å². The normalized spacial score (nSPS) is 23.7. The van der Waals surface area contributed by atoms with E-state index in [0.717, 1.165) is 0 Å². The number of aryl methyl sites for hydroxylation is 1. The maximum absolute atomic E-state index is 12.9. The monoisotopic (exact) mass is 253 g/mol. The highest BCUT2D eigenvalue weighted by molar-refractivity contribution is 5.95. The average molecular weight is 253 g/mol. The minimum atomic E-state index is -0.594. The molecule has 98 valence electrons. The van der Waals surface area contributed by atoms with E-state index >= 15 is 0 Å². The summed E-state index contributed by atoms with van der Waals surface area (Å²) in [6, 6.07) is 3.59. The van der Waals surface area contributed by atoms with Crippen LogP contribution in [0, 0.1) is 12.7 Å². The van der Waals surface area contributed by atoms with E-state index in [9.17, 15) is 14.3 Å². The molecule has 0 radical (unpaired) electrons. The third-order valence-corrected chi connectivity index (χ3v) is 3.07. The molecular formula is C13H16FNO3. The minimum Gasteiger partial charge on any atom is -0.391 e. The van der Waals surface area contributed by atoms with Crippen molar-refractivity contribution in [2.24, 2.45) is 0 Å². The highest BCUT2D eigenvalue weighted by Gasteiger charge is 2.25. The molecule has 5 heteroatoms. The van der Waals surface area contributed by atoms with Gasteiger partial charge in [-0.25, -0.2) is 4.39 Å². The zero-order valence-electron chi connectivity index (χ0n) is 10.1. The van der Waals surface area contributed by atoms with Gasteiger partial charge in [-0.2, -0.15) is 0 Å². The van der Waals surface area contributed by atoms with Crippen molar-refractivity contribution < 1.29 is 19.0 Å². The lowest BCUT2D eigenvalue weighted by molar-refractivity contribution is -0.0140. The molecule has 2 rings (SSSR count). The van der Waals surface area contributed by atoms with Crippen molar-refractivity contribution in [2.45, 2.75) is 25.5 Å². The molecule has 0 bridgehead atoms. The molecular weight excluding hydrogens is 237 g/mol. The Labute approximate surface area is 105 Å². The number of amides is 1. The fourth-order valence-corrected chi connectivity index (χ4v) is 1.99. The molecule has 0 aromatic heterocycles. The summed E-state index contributed by atoms with van der Waals surface area (Å²) in [6.07, 6.45) is -0.0867. The molecule has 1 saturated heterocycles. The summed E-state index contributed by atoms with van der Waals surface area (Å²) < 4.78 is 18.1. The SMILES string of the molecule is Cc1cc(F)ccc1C(=O)N[C@H]1COCC[C@@H]1O. The van der Waals surface area contributed by atoms with Crippen LogP contribution in [0.15, 0.2) is 18.2 Å². The number of halogens is 1. The molecule has 1 amide bonds. The van der Waals surface area contributed by atoms with Gasteiger partial charge in [0.1, 0.15) is 5.82 Å². The largest absolute Gasteiger partial charge is 0.391 e. The Morgan fingerprint density at radius 2 is 2.33 bits per heavy atom. The molecule has 1 aliphatic rings. The van der Waals surface area contributed by atoms with Crippen LogP contribution in [-0.4, -0.2) is 36.4 Å². The number of carbonyl (C=O) groups excluding carboxylic acids is 1. The summed E-state index contributed by atoms with van der Waals surface area (Å²) in [5, 5.41) is 12.4. The van der Waals surface area contributed by atoms with E-state index in [1.807, 2.05) is 0 Å². The van der Waals surface area contributed by atoms with Gasteiger partial charge < -0.3 is 15.2 Å². The molecule has 0 saturated carbocycles. The summed E-state index contributed by atoms with van der Waals surface area (Å²) in [7, 11) is 0. The zero-order valence-corrected chi connectivity index (χ0v) is 10.1. The highest BCUT2D eigenvalue weighted by atomic mass is 19.1. The Morgan fingerprint density at radius 3 is 3.00 bits per heavy atom. The number of rotatable bonds is 2. The molecule has 0 aliphatic carbocycles. The van der Waals surface area contributed by atoms with Crippen LogP contribution >= 0.6 is 0 Å². The first kappa shape index (κ1) is 13.0. The highest BCUT2D eigenvalue weighted by Crippen LogP contribution is 2.12. The molecule has 1 aromatic carbocycles. The van der Waals surface area contributed by atoms with Crippen LogP contribution in [0.25, 0.3) is 0 Å². The second-order valence-electron chi connectivity index (χ2n) is 4.47. The van der Waals surface area contributed by atoms with Crippen molar-refractivity contribution in [3.63, 3.8) is 0 Å². The van der Waals surface area contributed by atoms with Crippen LogP contribution in [0.2, 0.25) is 0 Å². The predicted octanol–water partition coefficient (Wildman–Crippen LogP) is 1.01. The van der Waals surface area contributed by atoms with E-state index in [2.05, 4.69) is 5.32 Å². The van der Waals surface area contributed by atoms with Gasteiger partial charge in [-0.15, -0.1) is 0 Å². The van der Waals surface area contributed by atoms with E-state index in [1.165, 1.54) is 18.2 Å². The van der Waals surface area contributed by atoms with Gasteiger partial charge in [0, 0.05) is 12.2 Å². The Morgan fingerprint density at radius 1 is 1.56 bits per heavy atom. The van der Waals surface area contributed by atoms with Gasteiger partial charge >= 0.3 is 0 Å². The van der Waals surface area contributed by atoms with Gasteiger partial charge in [-0.05, 0) is 37.1 Å². The van der Waals surface area contributed by atoms with Crippen LogP contribution in [0.1, 0.15) is 22.3 Å². The molecule has 2 atom stereocenters. The lowest BCUT2D eigenvalue weighted by Crippen LogP contribution is -2.49. The van der Waals surface area contributed by atoms with Crippen molar-refractivity contribution in [1.29, 1.82) is 0 Å². The van der Waals surface area contributed by atoms with Crippen LogP contribution < -0.4 is 5.32 Å². The summed E-state index contributed by atoms with van der Waals surface area (Å²) >= 11 is 0. The lowest BCUT2D eigenvalue weighted by atomic mass is 10.0. The first-order valence-electron chi connectivity index (χ1n) is 5.91. The van der Waals surface area contributed by atoms with Gasteiger partial charge in [-0.3, -0.25) is 4.79 Å². The van der Waals surface area contributed by atoms with Gasteiger partial charge in [0.15, 0.2) is 0 Å². The average Bonchev–Trinajstić information content (AvgIpc) is 2.32. The first-order chi connectivity index (χ1) is 8.58. The molecule has 4 nitrogen and oxygen atoms in total. The summed E-state index contributed by atoms with van der Waals surface area (Å²) in [4.78, 5) is 12.0. The summed E-state index contributed by atoms with van der Waals surface area (Å²) in [6.45, 7) is 2.47. The number of carbonyl (C=O) groups is 1. The Kier molecular flexibility index (Phi) is 3.93. The van der Waals surface area contributed by atoms with Gasteiger partial charge in [0.2, 0.25) is 0 Å². The third-order valence-electron chi connectivity index (χ3n) is 3.07. The number of benzene rings is 1. The maximum atomic E-state index is 12.9. The van der Waals surface area contributed by atoms with Gasteiger partial charge in [0.05, 0.1) is 18.8 Å². The molecule has 18 heavy (non-hydrogen) atoms. The van der Waals surface area contributed by atoms with Crippen molar-refractivity contribution in [3.05, 3.63) is 35.1 Å². The van der Waals surface area contributed by atoms with Crippen molar-refractivity contribution >= 4 is 5.91 Å². The number of ether oxygens (including phenoxy) is 1. The molecule has 0 unspecified atom stereocenters. The third kappa shape index (κ3) is 2.86. The number of aliphatic hydroxyl groups is 1. The lowest BCUT2D eigenvalue weighted by Gasteiger charge is -2.28. The van der Waals surface area contributed by atoms with E-state index in [-0.39, 0.29) is 11.7 Å². The summed E-state index contributed by atoms with van der Waals surface area (Å²) in [5.41, 5.74) is 0.980. The molecule has 1 aromatic rings.